The fourth-order valence-corrected chi connectivity index (χ4v) is 4.05. The van der Waals surface area contributed by atoms with Crippen LogP contribution in [0.4, 0.5) is 5.69 Å². The Kier molecular flexibility index (Phi) is 4.45. The van der Waals surface area contributed by atoms with E-state index in [0.717, 1.165) is 53.0 Å². The van der Waals surface area contributed by atoms with Crippen LogP contribution in [0.1, 0.15) is 28.2 Å². The molecule has 4 heteroatoms. The summed E-state index contributed by atoms with van der Waals surface area (Å²) in [5.74, 6) is -0.152. The molecular weight excluding hydrogens is 358 g/mol. The van der Waals surface area contributed by atoms with Crippen LogP contribution < -0.4 is 5.32 Å². The molecular formula is C25H21N3O. The van der Waals surface area contributed by atoms with E-state index in [1.807, 2.05) is 89.6 Å². The Labute approximate surface area is 169 Å². The number of nitrogens with one attached hydrogen (secondary N) is 1. The molecule has 1 aliphatic rings. The lowest BCUT2D eigenvalue weighted by molar-refractivity contribution is 0.102. The lowest BCUT2D eigenvalue weighted by Gasteiger charge is -2.11. The summed E-state index contributed by atoms with van der Waals surface area (Å²) in [7, 11) is 0. The highest BCUT2D eigenvalue weighted by molar-refractivity contribution is 6.06. The molecule has 4 nitrogen and oxygen atoms in total. The van der Waals surface area contributed by atoms with Crippen molar-refractivity contribution in [2.45, 2.75) is 19.3 Å². The fraction of sp³-hybridized carbons (Fsp3) is 0.120. The van der Waals surface area contributed by atoms with Gasteiger partial charge in [-0.05, 0) is 43.0 Å². The molecule has 4 aromatic rings. The minimum Gasteiger partial charge on any atom is -0.320 e. The lowest BCUT2D eigenvalue weighted by Crippen LogP contribution is -2.15. The first-order valence-electron chi connectivity index (χ1n) is 9.93. The van der Waals surface area contributed by atoms with Crippen LogP contribution in [-0.4, -0.2) is 15.7 Å². The summed E-state index contributed by atoms with van der Waals surface area (Å²) in [6.07, 6.45) is 2.90. The average molecular weight is 379 g/mol. The molecule has 0 saturated carbocycles. The summed E-state index contributed by atoms with van der Waals surface area (Å²) in [4.78, 5) is 13.2. The van der Waals surface area contributed by atoms with Gasteiger partial charge in [-0.25, -0.2) is 4.68 Å². The molecule has 0 radical (unpaired) electrons. The molecule has 0 bridgehead atoms. The zero-order chi connectivity index (χ0) is 19.6. The number of hydrogen-bond acceptors (Lipinski definition) is 2. The van der Waals surface area contributed by atoms with Crippen molar-refractivity contribution in [2.75, 3.05) is 5.32 Å². The molecule has 1 aromatic heterocycles. The van der Waals surface area contributed by atoms with Gasteiger partial charge in [-0.2, -0.15) is 5.10 Å². The Morgan fingerprint density at radius 2 is 1.52 bits per heavy atom. The summed E-state index contributed by atoms with van der Waals surface area (Å²) < 4.78 is 1.93. The van der Waals surface area contributed by atoms with Gasteiger partial charge in [0.1, 0.15) is 0 Å². The number of fused-ring (bicyclic) bond motifs is 1. The highest BCUT2D eigenvalue weighted by atomic mass is 16.2. The van der Waals surface area contributed by atoms with Crippen molar-refractivity contribution in [3.63, 3.8) is 0 Å². The number of carbonyl (C=O) groups is 1. The monoisotopic (exact) mass is 379 g/mol. The maximum atomic E-state index is 13.2. The maximum Gasteiger partial charge on any atom is 0.276 e. The molecule has 1 aliphatic carbocycles. The smallest absolute Gasteiger partial charge is 0.276 e. The quantitative estimate of drug-likeness (QED) is 0.524. The van der Waals surface area contributed by atoms with Crippen LogP contribution in [0.15, 0.2) is 84.9 Å². The van der Waals surface area contributed by atoms with Crippen molar-refractivity contribution in [1.29, 1.82) is 0 Å². The highest BCUT2D eigenvalue weighted by Gasteiger charge is 2.27. The Hall–Kier alpha value is -3.66. The SMILES string of the molecule is O=C(Nc1ccccc1-c1ccccc1)c1nn(-c2ccccc2)c2c1CCC2. The molecule has 0 aliphatic heterocycles. The number of para-hydroxylation sites is 2. The predicted molar refractivity (Wildman–Crippen MR) is 115 cm³/mol. The Morgan fingerprint density at radius 1 is 0.828 bits per heavy atom. The van der Waals surface area contributed by atoms with Crippen LogP contribution in [0.3, 0.4) is 0 Å². The van der Waals surface area contributed by atoms with E-state index in [-0.39, 0.29) is 5.91 Å². The molecule has 0 unspecified atom stereocenters. The molecule has 0 atom stereocenters. The molecule has 1 heterocycles. The van der Waals surface area contributed by atoms with Gasteiger partial charge in [0.2, 0.25) is 0 Å². The molecule has 1 amide bonds. The average Bonchev–Trinajstić information content (AvgIpc) is 3.38. The highest BCUT2D eigenvalue weighted by Crippen LogP contribution is 2.31. The summed E-state index contributed by atoms with van der Waals surface area (Å²) in [6, 6.07) is 28.0. The standard InChI is InChI=1S/C25H21N3O/c29-25(26-22-16-8-7-14-20(22)18-10-3-1-4-11-18)24-21-15-9-17-23(21)28(27-24)19-12-5-2-6-13-19/h1-8,10-14,16H,9,15,17H2,(H,26,29). The van der Waals surface area contributed by atoms with Gasteiger partial charge in [-0.3, -0.25) is 4.79 Å². The Morgan fingerprint density at radius 3 is 2.31 bits per heavy atom. The summed E-state index contributed by atoms with van der Waals surface area (Å²) >= 11 is 0. The number of rotatable bonds is 4. The van der Waals surface area contributed by atoms with Crippen molar-refractivity contribution in [3.05, 3.63) is 102 Å². The summed E-state index contributed by atoms with van der Waals surface area (Å²) in [5.41, 5.74) is 6.62. The van der Waals surface area contributed by atoms with Crippen LogP contribution in [-0.2, 0) is 12.8 Å². The fourth-order valence-electron chi connectivity index (χ4n) is 4.05. The first-order valence-corrected chi connectivity index (χ1v) is 9.93. The molecule has 3 aromatic carbocycles. The van der Waals surface area contributed by atoms with Crippen molar-refractivity contribution < 1.29 is 4.79 Å². The number of amides is 1. The second-order valence-electron chi connectivity index (χ2n) is 7.24. The molecule has 142 valence electrons. The molecule has 29 heavy (non-hydrogen) atoms. The normalized spacial score (nSPS) is 12.6. The topological polar surface area (TPSA) is 46.9 Å². The molecule has 0 fully saturated rings. The largest absolute Gasteiger partial charge is 0.320 e. The van der Waals surface area contributed by atoms with E-state index in [1.165, 1.54) is 0 Å². The minimum atomic E-state index is -0.152. The van der Waals surface area contributed by atoms with Crippen LogP contribution in [0.2, 0.25) is 0 Å². The van der Waals surface area contributed by atoms with E-state index in [1.54, 1.807) is 0 Å². The number of hydrogen-bond donors (Lipinski definition) is 1. The zero-order valence-electron chi connectivity index (χ0n) is 16.0. The van der Waals surface area contributed by atoms with Crippen molar-refractivity contribution in [3.8, 4) is 16.8 Å². The van der Waals surface area contributed by atoms with E-state index in [9.17, 15) is 4.79 Å². The van der Waals surface area contributed by atoms with E-state index in [0.29, 0.717) is 5.69 Å². The first-order chi connectivity index (χ1) is 14.3. The van der Waals surface area contributed by atoms with Gasteiger partial charge in [-0.1, -0.05) is 66.7 Å². The van der Waals surface area contributed by atoms with Crippen molar-refractivity contribution in [2.24, 2.45) is 0 Å². The van der Waals surface area contributed by atoms with Gasteiger partial charge in [0.15, 0.2) is 5.69 Å². The second kappa shape index (κ2) is 7.40. The third-order valence-corrected chi connectivity index (χ3v) is 5.41. The number of benzene rings is 3. The third kappa shape index (κ3) is 3.23. The number of anilines is 1. The van der Waals surface area contributed by atoms with Crippen LogP contribution >= 0.6 is 0 Å². The van der Waals surface area contributed by atoms with Gasteiger partial charge in [0.25, 0.3) is 5.91 Å². The van der Waals surface area contributed by atoms with E-state index < -0.39 is 0 Å². The third-order valence-electron chi connectivity index (χ3n) is 5.41. The van der Waals surface area contributed by atoms with Crippen LogP contribution in [0.5, 0.6) is 0 Å². The second-order valence-corrected chi connectivity index (χ2v) is 7.24. The zero-order valence-corrected chi connectivity index (χ0v) is 16.0. The van der Waals surface area contributed by atoms with Gasteiger partial charge in [0.05, 0.1) is 5.69 Å². The molecule has 1 N–H and O–H groups in total. The summed E-state index contributed by atoms with van der Waals surface area (Å²) in [6.45, 7) is 0. The minimum absolute atomic E-state index is 0.152. The van der Waals surface area contributed by atoms with E-state index in [2.05, 4.69) is 5.32 Å². The number of aromatic nitrogens is 2. The number of nitrogens with zero attached hydrogens (tertiary/aromatic N) is 2. The van der Waals surface area contributed by atoms with Crippen LogP contribution in [0, 0.1) is 0 Å². The predicted octanol–water partition coefficient (Wildman–Crippen LogP) is 5.28. The van der Waals surface area contributed by atoms with Crippen molar-refractivity contribution in [1.82, 2.24) is 9.78 Å². The van der Waals surface area contributed by atoms with Gasteiger partial charge in [0, 0.05) is 22.5 Å². The Balaban J connectivity index is 1.51. The van der Waals surface area contributed by atoms with Gasteiger partial charge in [-0.15, -0.1) is 0 Å². The van der Waals surface area contributed by atoms with Crippen molar-refractivity contribution >= 4 is 11.6 Å². The van der Waals surface area contributed by atoms with E-state index in [4.69, 9.17) is 5.10 Å². The maximum absolute atomic E-state index is 13.2. The van der Waals surface area contributed by atoms with Gasteiger partial charge < -0.3 is 5.32 Å². The molecule has 0 spiro atoms. The lowest BCUT2D eigenvalue weighted by atomic mass is 10.0. The van der Waals surface area contributed by atoms with Gasteiger partial charge >= 0.3 is 0 Å². The first kappa shape index (κ1) is 17.4. The van der Waals surface area contributed by atoms with E-state index >= 15 is 0 Å². The Bertz CT molecular complexity index is 1160. The van der Waals surface area contributed by atoms with Crippen LogP contribution in [0.25, 0.3) is 16.8 Å². The summed E-state index contributed by atoms with van der Waals surface area (Å²) in [5, 5.41) is 7.81. The molecule has 0 saturated heterocycles. The number of carbonyl (C=O) groups excluding carboxylic acids is 1. The molecule has 5 rings (SSSR count).